The number of hydrogen-bond acceptors (Lipinski definition) is 2. The maximum Gasteiger partial charge on any atom is 0.251 e. The van der Waals surface area contributed by atoms with Gasteiger partial charge < -0.3 is 10.6 Å². The van der Waals surface area contributed by atoms with Gasteiger partial charge in [0.2, 0.25) is 0 Å². The number of hydrogen-bond donors (Lipinski definition) is 2. The molecule has 0 unspecified atom stereocenters. The summed E-state index contributed by atoms with van der Waals surface area (Å²) in [6.07, 6.45) is 7.12. The van der Waals surface area contributed by atoms with Crippen molar-refractivity contribution < 1.29 is 4.79 Å². The van der Waals surface area contributed by atoms with E-state index in [-0.39, 0.29) is 18.3 Å². The minimum atomic E-state index is 0. The van der Waals surface area contributed by atoms with Crippen molar-refractivity contribution in [3.05, 3.63) is 34.9 Å². The standard InChI is InChI=1S/C18H26N2O.ClH/c1-13-16(14-9-11-19-12-10-14)7-4-8-17(13)18(21)20-15-5-2-3-6-15;/h4,7-8,14-15,19H,2-3,5-6,9-12H2,1H3,(H,20,21);1H. The molecule has 2 aliphatic rings. The quantitative estimate of drug-likeness (QED) is 0.893. The normalized spacial score (nSPS) is 19.7. The number of piperidine rings is 1. The first-order valence-electron chi connectivity index (χ1n) is 8.37. The zero-order valence-electron chi connectivity index (χ0n) is 13.4. The van der Waals surface area contributed by atoms with Crippen LogP contribution < -0.4 is 10.6 Å². The molecule has 22 heavy (non-hydrogen) atoms. The second-order valence-corrected chi connectivity index (χ2v) is 6.50. The van der Waals surface area contributed by atoms with Crippen LogP contribution in [-0.2, 0) is 0 Å². The van der Waals surface area contributed by atoms with Crippen molar-refractivity contribution in [1.82, 2.24) is 10.6 Å². The molecule has 4 heteroatoms. The van der Waals surface area contributed by atoms with E-state index in [2.05, 4.69) is 23.6 Å². The highest BCUT2D eigenvalue weighted by Crippen LogP contribution is 2.29. The van der Waals surface area contributed by atoms with Gasteiger partial charge in [0.25, 0.3) is 5.91 Å². The Morgan fingerprint density at radius 2 is 1.82 bits per heavy atom. The highest BCUT2D eigenvalue weighted by Gasteiger charge is 2.22. The number of benzene rings is 1. The van der Waals surface area contributed by atoms with E-state index in [4.69, 9.17) is 0 Å². The van der Waals surface area contributed by atoms with Crippen molar-refractivity contribution in [3.8, 4) is 0 Å². The van der Waals surface area contributed by atoms with Gasteiger partial charge >= 0.3 is 0 Å². The Labute approximate surface area is 139 Å². The molecule has 1 aromatic carbocycles. The maximum absolute atomic E-state index is 12.5. The molecule has 3 nitrogen and oxygen atoms in total. The van der Waals surface area contributed by atoms with Crippen molar-refractivity contribution in [2.24, 2.45) is 0 Å². The van der Waals surface area contributed by atoms with Gasteiger partial charge in [-0.3, -0.25) is 4.79 Å². The predicted molar refractivity (Wildman–Crippen MR) is 93.0 cm³/mol. The molecule has 0 atom stereocenters. The fourth-order valence-corrected chi connectivity index (χ4v) is 3.81. The number of nitrogens with one attached hydrogen (secondary N) is 2. The summed E-state index contributed by atoms with van der Waals surface area (Å²) in [5, 5.41) is 6.63. The highest BCUT2D eigenvalue weighted by atomic mass is 35.5. The second-order valence-electron chi connectivity index (χ2n) is 6.50. The van der Waals surface area contributed by atoms with E-state index in [1.807, 2.05) is 12.1 Å². The molecule has 0 bridgehead atoms. The van der Waals surface area contributed by atoms with Crippen LogP contribution in [0.1, 0.15) is 65.9 Å². The Balaban J connectivity index is 0.00000176. The Kier molecular flexibility index (Phi) is 6.27. The zero-order chi connectivity index (χ0) is 14.7. The van der Waals surface area contributed by atoms with Crippen LogP contribution in [-0.4, -0.2) is 25.0 Å². The molecule has 0 spiro atoms. The van der Waals surface area contributed by atoms with Gasteiger partial charge in [-0.15, -0.1) is 12.4 Å². The van der Waals surface area contributed by atoms with Gasteiger partial charge in [-0.25, -0.2) is 0 Å². The number of carbonyl (C=O) groups is 1. The molecule has 1 aliphatic carbocycles. The summed E-state index contributed by atoms with van der Waals surface area (Å²) in [4.78, 5) is 12.5. The highest BCUT2D eigenvalue weighted by molar-refractivity contribution is 5.96. The van der Waals surface area contributed by atoms with Gasteiger partial charge in [-0.05, 0) is 68.8 Å². The fourth-order valence-electron chi connectivity index (χ4n) is 3.81. The molecule has 1 saturated heterocycles. The minimum absolute atomic E-state index is 0. The monoisotopic (exact) mass is 322 g/mol. The van der Waals surface area contributed by atoms with Gasteiger partial charge in [0, 0.05) is 11.6 Å². The molecular formula is C18H27ClN2O. The van der Waals surface area contributed by atoms with Crippen LogP contribution in [0.2, 0.25) is 0 Å². The lowest BCUT2D eigenvalue weighted by atomic mass is 9.85. The molecule has 122 valence electrons. The average Bonchev–Trinajstić information content (AvgIpc) is 3.01. The Morgan fingerprint density at radius 1 is 1.14 bits per heavy atom. The van der Waals surface area contributed by atoms with Gasteiger partial charge in [-0.2, -0.15) is 0 Å². The molecule has 0 aromatic heterocycles. The lowest BCUT2D eigenvalue weighted by Crippen LogP contribution is -2.33. The van der Waals surface area contributed by atoms with E-state index < -0.39 is 0 Å². The van der Waals surface area contributed by atoms with Crippen LogP contribution in [0.25, 0.3) is 0 Å². The summed E-state index contributed by atoms with van der Waals surface area (Å²) >= 11 is 0. The summed E-state index contributed by atoms with van der Waals surface area (Å²) in [6.45, 7) is 4.28. The van der Waals surface area contributed by atoms with E-state index in [9.17, 15) is 4.79 Å². The maximum atomic E-state index is 12.5. The van der Waals surface area contributed by atoms with Crippen LogP contribution in [0, 0.1) is 6.92 Å². The van der Waals surface area contributed by atoms with E-state index in [1.165, 1.54) is 36.8 Å². The van der Waals surface area contributed by atoms with Crippen molar-refractivity contribution >= 4 is 18.3 Å². The average molecular weight is 323 g/mol. The Hall–Kier alpha value is -1.06. The lowest BCUT2D eigenvalue weighted by Gasteiger charge is -2.25. The summed E-state index contributed by atoms with van der Waals surface area (Å²) in [5.74, 6) is 0.723. The van der Waals surface area contributed by atoms with Crippen LogP contribution in [0.5, 0.6) is 0 Å². The molecule has 1 amide bonds. The predicted octanol–water partition coefficient (Wildman–Crippen LogP) is 3.56. The van der Waals surface area contributed by atoms with Gasteiger partial charge in [0.1, 0.15) is 0 Å². The van der Waals surface area contributed by atoms with Crippen molar-refractivity contribution in [2.75, 3.05) is 13.1 Å². The van der Waals surface area contributed by atoms with E-state index in [0.29, 0.717) is 12.0 Å². The molecule has 3 rings (SSSR count). The summed E-state index contributed by atoms with van der Waals surface area (Å²) in [7, 11) is 0. The molecular weight excluding hydrogens is 296 g/mol. The van der Waals surface area contributed by atoms with Crippen LogP contribution in [0.3, 0.4) is 0 Å². The third-order valence-corrected chi connectivity index (χ3v) is 5.09. The number of halogens is 1. The van der Waals surface area contributed by atoms with Crippen molar-refractivity contribution in [1.29, 1.82) is 0 Å². The Morgan fingerprint density at radius 3 is 2.50 bits per heavy atom. The SMILES string of the molecule is Cc1c(C(=O)NC2CCCC2)cccc1C1CCNCC1.Cl. The zero-order valence-corrected chi connectivity index (χ0v) is 14.2. The van der Waals surface area contributed by atoms with Crippen molar-refractivity contribution in [3.63, 3.8) is 0 Å². The Bertz CT molecular complexity index is 506. The summed E-state index contributed by atoms with van der Waals surface area (Å²) in [5.41, 5.74) is 3.42. The first-order valence-corrected chi connectivity index (χ1v) is 8.37. The van der Waals surface area contributed by atoms with Crippen LogP contribution in [0.15, 0.2) is 18.2 Å². The fraction of sp³-hybridized carbons (Fsp3) is 0.611. The van der Waals surface area contributed by atoms with E-state index >= 15 is 0 Å². The van der Waals surface area contributed by atoms with E-state index in [1.54, 1.807) is 0 Å². The largest absolute Gasteiger partial charge is 0.349 e. The first-order chi connectivity index (χ1) is 10.3. The van der Waals surface area contributed by atoms with Gasteiger partial charge in [0.05, 0.1) is 0 Å². The number of carbonyl (C=O) groups excluding carboxylic acids is 1. The van der Waals surface area contributed by atoms with Crippen LogP contribution in [0.4, 0.5) is 0 Å². The van der Waals surface area contributed by atoms with Crippen LogP contribution >= 0.6 is 12.4 Å². The third kappa shape index (κ3) is 3.82. The third-order valence-electron chi connectivity index (χ3n) is 5.09. The molecule has 1 heterocycles. The second kappa shape index (κ2) is 7.98. The molecule has 1 saturated carbocycles. The molecule has 1 aromatic rings. The smallest absolute Gasteiger partial charge is 0.251 e. The molecule has 2 N–H and O–H groups in total. The number of amides is 1. The first kappa shape index (κ1) is 17.3. The lowest BCUT2D eigenvalue weighted by molar-refractivity contribution is 0.0937. The number of rotatable bonds is 3. The van der Waals surface area contributed by atoms with Gasteiger partial charge in [-0.1, -0.05) is 25.0 Å². The van der Waals surface area contributed by atoms with Crippen molar-refractivity contribution in [2.45, 2.75) is 57.4 Å². The molecule has 1 aliphatic heterocycles. The van der Waals surface area contributed by atoms with E-state index in [0.717, 1.165) is 31.5 Å². The molecule has 0 radical (unpaired) electrons. The topological polar surface area (TPSA) is 41.1 Å². The van der Waals surface area contributed by atoms with Gasteiger partial charge in [0.15, 0.2) is 0 Å². The minimum Gasteiger partial charge on any atom is -0.349 e. The molecule has 2 fully saturated rings. The summed E-state index contributed by atoms with van der Waals surface area (Å²) in [6, 6.07) is 6.62. The summed E-state index contributed by atoms with van der Waals surface area (Å²) < 4.78 is 0.